The fraction of sp³-hybridized carbons (Fsp3) is 0.231. The molecule has 0 fully saturated rings. The molecule has 1 aromatic heterocycles. The van der Waals surface area contributed by atoms with Gasteiger partial charge in [-0.1, -0.05) is 0 Å². The van der Waals surface area contributed by atoms with Gasteiger partial charge in [-0.2, -0.15) is 0 Å². The first-order valence-electron chi connectivity index (χ1n) is 5.93. The molecule has 0 radical (unpaired) electrons. The van der Waals surface area contributed by atoms with Crippen molar-refractivity contribution in [3.8, 4) is 5.69 Å². The third kappa shape index (κ3) is 2.62. The minimum atomic E-state index is -0.566. The van der Waals surface area contributed by atoms with E-state index in [2.05, 4.69) is 4.98 Å². The van der Waals surface area contributed by atoms with Crippen LogP contribution in [0.25, 0.3) is 5.69 Å². The second kappa shape index (κ2) is 5.78. The molecular formula is C13H13FIN3O2. The molecule has 0 unspecified atom stereocenters. The Morgan fingerprint density at radius 2 is 2.25 bits per heavy atom. The molecule has 0 aliphatic rings. The number of anilines is 1. The molecule has 20 heavy (non-hydrogen) atoms. The Morgan fingerprint density at radius 3 is 2.85 bits per heavy atom. The molecule has 0 aliphatic carbocycles. The Kier molecular flexibility index (Phi) is 4.26. The minimum absolute atomic E-state index is 0.0736. The SMILES string of the molecule is CCOC(=O)c1nc(C)n(-c2ccc(F)cc2I)c1N. The van der Waals surface area contributed by atoms with E-state index < -0.39 is 5.97 Å². The normalized spacial score (nSPS) is 10.6. The van der Waals surface area contributed by atoms with Gasteiger partial charge in [0.15, 0.2) is 5.69 Å². The molecule has 0 spiro atoms. The van der Waals surface area contributed by atoms with Gasteiger partial charge in [-0.15, -0.1) is 0 Å². The third-order valence-corrected chi connectivity index (χ3v) is 3.56. The summed E-state index contributed by atoms with van der Waals surface area (Å²) in [4.78, 5) is 15.9. The first-order chi connectivity index (χ1) is 9.45. The van der Waals surface area contributed by atoms with Crippen molar-refractivity contribution in [1.82, 2.24) is 9.55 Å². The largest absolute Gasteiger partial charge is 0.461 e. The van der Waals surface area contributed by atoms with Gasteiger partial charge in [0.2, 0.25) is 0 Å². The van der Waals surface area contributed by atoms with Crippen molar-refractivity contribution in [3.63, 3.8) is 0 Å². The molecule has 0 atom stereocenters. The Labute approximate surface area is 129 Å². The number of carbonyl (C=O) groups is 1. The number of nitrogen functional groups attached to an aromatic ring is 1. The molecule has 2 N–H and O–H groups in total. The smallest absolute Gasteiger partial charge is 0.360 e. The average Bonchev–Trinajstić information content (AvgIpc) is 2.66. The first kappa shape index (κ1) is 14.8. The molecule has 2 aromatic rings. The van der Waals surface area contributed by atoms with E-state index >= 15 is 0 Å². The van der Waals surface area contributed by atoms with Crippen LogP contribution in [0.4, 0.5) is 10.2 Å². The lowest BCUT2D eigenvalue weighted by molar-refractivity contribution is 0.0521. The molecule has 1 heterocycles. The topological polar surface area (TPSA) is 70.1 Å². The van der Waals surface area contributed by atoms with Crippen LogP contribution in [-0.4, -0.2) is 22.1 Å². The van der Waals surface area contributed by atoms with Gasteiger partial charge in [0.1, 0.15) is 17.5 Å². The number of esters is 1. The van der Waals surface area contributed by atoms with Crippen LogP contribution in [-0.2, 0) is 4.74 Å². The number of nitrogens with two attached hydrogens (primary N) is 1. The highest BCUT2D eigenvalue weighted by Gasteiger charge is 2.21. The van der Waals surface area contributed by atoms with Crippen LogP contribution >= 0.6 is 22.6 Å². The minimum Gasteiger partial charge on any atom is -0.461 e. The van der Waals surface area contributed by atoms with Crippen molar-refractivity contribution in [2.75, 3.05) is 12.3 Å². The van der Waals surface area contributed by atoms with E-state index in [-0.39, 0.29) is 23.9 Å². The van der Waals surface area contributed by atoms with Crippen molar-refractivity contribution in [2.24, 2.45) is 0 Å². The molecule has 2 rings (SSSR count). The molecule has 0 amide bonds. The highest BCUT2D eigenvalue weighted by Crippen LogP contribution is 2.25. The quantitative estimate of drug-likeness (QED) is 0.648. The van der Waals surface area contributed by atoms with Crippen LogP contribution in [0.15, 0.2) is 18.2 Å². The number of halogens is 2. The number of carbonyl (C=O) groups excluding carboxylic acids is 1. The zero-order chi connectivity index (χ0) is 14.9. The zero-order valence-electron chi connectivity index (χ0n) is 11.0. The summed E-state index contributed by atoms with van der Waals surface area (Å²) in [5.41, 5.74) is 6.72. The van der Waals surface area contributed by atoms with Crippen molar-refractivity contribution in [3.05, 3.63) is 39.1 Å². The molecule has 5 nitrogen and oxygen atoms in total. The second-order valence-electron chi connectivity index (χ2n) is 4.04. The van der Waals surface area contributed by atoms with Gasteiger partial charge in [0.25, 0.3) is 0 Å². The molecule has 0 saturated heterocycles. The summed E-state index contributed by atoms with van der Waals surface area (Å²) >= 11 is 2.01. The fourth-order valence-corrected chi connectivity index (χ4v) is 2.58. The van der Waals surface area contributed by atoms with Crippen molar-refractivity contribution < 1.29 is 13.9 Å². The summed E-state index contributed by atoms with van der Waals surface area (Å²) in [5, 5.41) is 0. The van der Waals surface area contributed by atoms with Gasteiger partial charge in [-0.25, -0.2) is 14.2 Å². The predicted molar refractivity (Wildman–Crippen MR) is 81.3 cm³/mol. The Hall–Kier alpha value is -1.64. The van der Waals surface area contributed by atoms with Gasteiger partial charge < -0.3 is 10.5 Å². The van der Waals surface area contributed by atoms with Crippen LogP contribution < -0.4 is 5.73 Å². The fourth-order valence-electron chi connectivity index (χ4n) is 1.87. The lowest BCUT2D eigenvalue weighted by Gasteiger charge is -2.10. The number of rotatable bonds is 3. The van der Waals surface area contributed by atoms with Gasteiger partial charge in [0.05, 0.1) is 12.3 Å². The zero-order valence-corrected chi connectivity index (χ0v) is 13.1. The Morgan fingerprint density at radius 1 is 1.55 bits per heavy atom. The van der Waals surface area contributed by atoms with Crippen LogP contribution in [0, 0.1) is 16.3 Å². The Balaban J connectivity index is 2.55. The molecule has 106 valence electrons. The maximum atomic E-state index is 13.2. The summed E-state index contributed by atoms with van der Waals surface area (Å²) in [5.74, 6) is -0.176. The molecule has 1 aromatic carbocycles. The monoisotopic (exact) mass is 389 g/mol. The maximum Gasteiger partial charge on any atom is 0.360 e. The van der Waals surface area contributed by atoms with E-state index in [4.69, 9.17) is 10.5 Å². The van der Waals surface area contributed by atoms with Gasteiger partial charge in [-0.3, -0.25) is 4.57 Å². The summed E-state index contributed by atoms with van der Waals surface area (Å²) < 4.78 is 20.3. The maximum absolute atomic E-state index is 13.2. The van der Waals surface area contributed by atoms with Crippen LogP contribution in [0.1, 0.15) is 23.2 Å². The molecule has 0 bridgehead atoms. The molecule has 7 heteroatoms. The highest BCUT2D eigenvalue weighted by atomic mass is 127. The molecular weight excluding hydrogens is 376 g/mol. The van der Waals surface area contributed by atoms with Crippen molar-refractivity contribution in [1.29, 1.82) is 0 Å². The van der Waals surface area contributed by atoms with Gasteiger partial charge >= 0.3 is 5.97 Å². The summed E-state index contributed by atoms with van der Waals surface area (Å²) in [6.45, 7) is 3.68. The lowest BCUT2D eigenvalue weighted by atomic mass is 10.3. The van der Waals surface area contributed by atoms with E-state index in [9.17, 15) is 9.18 Å². The molecule has 0 aliphatic heterocycles. The Bertz CT molecular complexity index is 670. The van der Waals surface area contributed by atoms with Crippen molar-refractivity contribution in [2.45, 2.75) is 13.8 Å². The third-order valence-electron chi connectivity index (χ3n) is 2.70. The van der Waals surface area contributed by atoms with Crippen LogP contribution in [0.3, 0.4) is 0 Å². The average molecular weight is 389 g/mol. The number of hydrogen-bond donors (Lipinski definition) is 1. The lowest BCUT2D eigenvalue weighted by Crippen LogP contribution is -2.10. The summed E-state index contributed by atoms with van der Waals surface area (Å²) in [6, 6.07) is 4.32. The van der Waals surface area contributed by atoms with E-state index in [0.717, 1.165) is 0 Å². The van der Waals surface area contributed by atoms with E-state index in [0.29, 0.717) is 15.1 Å². The van der Waals surface area contributed by atoms with Crippen LogP contribution in [0.2, 0.25) is 0 Å². The molecule has 0 saturated carbocycles. The van der Waals surface area contributed by atoms with Gasteiger partial charge in [0, 0.05) is 3.57 Å². The first-order valence-corrected chi connectivity index (χ1v) is 7.01. The summed E-state index contributed by atoms with van der Waals surface area (Å²) in [7, 11) is 0. The summed E-state index contributed by atoms with van der Waals surface area (Å²) in [6.07, 6.45) is 0. The number of aromatic nitrogens is 2. The second-order valence-corrected chi connectivity index (χ2v) is 5.21. The number of hydrogen-bond acceptors (Lipinski definition) is 4. The highest BCUT2D eigenvalue weighted by molar-refractivity contribution is 14.1. The number of imidazole rings is 1. The van der Waals surface area contributed by atoms with Crippen molar-refractivity contribution >= 4 is 34.4 Å². The number of nitrogens with zero attached hydrogens (tertiary/aromatic N) is 2. The number of aryl methyl sites for hydroxylation is 1. The van der Waals surface area contributed by atoms with E-state index in [1.807, 2.05) is 22.6 Å². The number of ether oxygens (including phenoxy) is 1. The predicted octanol–water partition coefficient (Wildman–Crippen LogP) is 2.68. The van der Waals surface area contributed by atoms with E-state index in [1.54, 1.807) is 24.5 Å². The van der Waals surface area contributed by atoms with Gasteiger partial charge in [-0.05, 0) is 54.6 Å². The van der Waals surface area contributed by atoms with Crippen LogP contribution in [0.5, 0.6) is 0 Å². The number of benzene rings is 1. The standard InChI is InChI=1S/C13H13FIN3O2/c1-3-20-13(19)11-12(16)18(7(2)17-11)10-5-4-8(14)6-9(10)15/h4-6H,3,16H2,1-2H3. The van der Waals surface area contributed by atoms with E-state index in [1.165, 1.54) is 12.1 Å².